The number of likely N-dealkylation sites (tertiary alicyclic amines) is 1. The second-order valence-electron chi connectivity index (χ2n) is 4.71. The Morgan fingerprint density at radius 3 is 3.30 bits per heavy atom. The Kier molecular flexibility index (Phi) is 3.37. The van der Waals surface area contributed by atoms with E-state index in [9.17, 15) is 4.79 Å². The number of fused-ring (bicyclic) bond motifs is 1. The van der Waals surface area contributed by atoms with Crippen LogP contribution in [0.2, 0.25) is 0 Å². The summed E-state index contributed by atoms with van der Waals surface area (Å²) in [6, 6.07) is 1.82. The maximum atomic E-state index is 12.2. The molecular weight excluding hydrogens is 256 g/mol. The van der Waals surface area contributed by atoms with Crippen LogP contribution in [0, 0.1) is 0 Å². The van der Waals surface area contributed by atoms with Crippen LogP contribution in [0.5, 0.6) is 5.88 Å². The smallest absolute Gasteiger partial charge is 0.263 e. The molecule has 1 amide bonds. The summed E-state index contributed by atoms with van der Waals surface area (Å²) in [5, 5.41) is 0. The van der Waals surface area contributed by atoms with Crippen LogP contribution in [-0.4, -0.2) is 45.0 Å². The number of hydrogen-bond acceptors (Lipinski definition) is 4. The number of nitrogens with zero attached hydrogens (tertiary/aromatic N) is 3. The largest absolute Gasteiger partial charge is 0.463 e. The lowest BCUT2D eigenvalue weighted by Gasteiger charge is -2.15. The molecule has 0 radical (unpaired) electrons. The minimum Gasteiger partial charge on any atom is -0.463 e. The third kappa shape index (κ3) is 2.24. The van der Waals surface area contributed by atoms with Gasteiger partial charge in [0.25, 0.3) is 5.91 Å². The van der Waals surface area contributed by atoms with Crippen LogP contribution >= 0.6 is 0 Å². The molecule has 104 valence electrons. The summed E-state index contributed by atoms with van der Waals surface area (Å²) >= 11 is 0. The standard InChI is InChI=1S/C14H16N4O2/c1-2-3-7-18-8-5-11(14(18)19)20-13-12-10(4-6-15-13)16-9-17-12/h2,4,6,9,11H,1,3,5,7-8H2,(H,16,17). The molecule has 20 heavy (non-hydrogen) atoms. The minimum atomic E-state index is -0.463. The fraction of sp³-hybridized carbons (Fsp3) is 0.357. The van der Waals surface area contributed by atoms with Crippen molar-refractivity contribution in [1.82, 2.24) is 19.9 Å². The zero-order valence-corrected chi connectivity index (χ0v) is 11.1. The molecule has 0 bridgehead atoms. The number of carbonyl (C=O) groups excluding carboxylic acids is 1. The topological polar surface area (TPSA) is 71.1 Å². The molecule has 1 N–H and O–H groups in total. The number of ether oxygens (including phenoxy) is 1. The van der Waals surface area contributed by atoms with Gasteiger partial charge in [0.15, 0.2) is 11.6 Å². The van der Waals surface area contributed by atoms with Crippen molar-refractivity contribution in [3.63, 3.8) is 0 Å². The lowest BCUT2D eigenvalue weighted by Crippen LogP contribution is -2.33. The van der Waals surface area contributed by atoms with Crippen molar-refractivity contribution in [2.24, 2.45) is 0 Å². The molecule has 0 aliphatic carbocycles. The summed E-state index contributed by atoms with van der Waals surface area (Å²) in [5.41, 5.74) is 1.51. The molecule has 1 aliphatic rings. The Morgan fingerprint density at radius 2 is 2.45 bits per heavy atom. The van der Waals surface area contributed by atoms with Gasteiger partial charge in [0.1, 0.15) is 0 Å². The number of carbonyl (C=O) groups is 1. The van der Waals surface area contributed by atoms with Crippen LogP contribution in [0.15, 0.2) is 31.2 Å². The first-order valence-electron chi connectivity index (χ1n) is 6.64. The van der Waals surface area contributed by atoms with Gasteiger partial charge in [-0.1, -0.05) is 6.08 Å². The highest BCUT2D eigenvalue weighted by Crippen LogP contribution is 2.23. The summed E-state index contributed by atoms with van der Waals surface area (Å²) < 4.78 is 5.76. The fourth-order valence-corrected chi connectivity index (χ4v) is 2.35. The first-order valence-corrected chi connectivity index (χ1v) is 6.64. The minimum absolute atomic E-state index is 0.0150. The average Bonchev–Trinajstić information content (AvgIpc) is 3.06. The van der Waals surface area contributed by atoms with Crippen LogP contribution < -0.4 is 4.74 Å². The third-order valence-electron chi connectivity index (χ3n) is 3.41. The van der Waals surface area contributed by atoms with E-state index in [2.05, 4.69) is 21.5 Å². The van der Waals surface area contributed by atoms with Crippen LogP contribution in [0.3, 0.4) is 0 Å². The number of rotatable bonds is 5. The second kappa shape index (κ2) is 5.32. The highest BCUT2D eigenvalue weighted by Gasteiger charge is 2.33. The molecule has 1 saturated heterocycles. The van der Waals surface area contributed by atoms with Crippen molar-refractivity contribution in [1.29, 1.82) is 0 Å². The van der Waals surface area contributed by atoms with Crippen LogP contribution in [0.25, 0.3) is 11.0 Å². The van der Waals surface area contributed by atoms with Crippen molar-refractivity contribution in [3.8, 4) is 5.88 Å². The Hall–Kier alpha value is -2.37. The Balaban J connectivity index is 1.74. The predicted molar refractivity (Wildman–Crippen MR) is 74.3 cm³/mol. The lowest BCUT2D eigenvalue weighted by atomic mass is 10.3. The highest BCUT2D eigenvalue weighted by atomic mass is 16.5. The van der Waals surface area contributed by atoms with Crippen molar-refractivity contribution in [3.05, 3.63) is 31.2 Å². The van der Waals surface area contributed by atoms with Gasteiger partial charge in [-0.15, -0.1) is 6.58 Å². The predicted octanol–water partition coefficient (Wildman–Crippen LogP) is 1.51. The third-order valence-corrected chi connectivity index (χ3v) is 3.41. The molecule has 1 unspecified atom stereocenters. The van der Waals surface area contributed by atoms with E-state index in [1.54, 1.807) is 17.4 Å². The van der Waals surface area contributed by atoms with Gasteiger partial charge in [-0.05, 0) is 12.5 Å². The van der Waals surface area contributed by atoms with E-state index >= 15 is 0 Å². The zero-order chi connectivity index (χ0) is 13.9. The number of imidazole rings is 1. The van der Waals surface area contributed by atoms with E-state index in [4.69, 9.17) is 4.74 Å². The molecule has 2 aromatic heterocycles. The Labute approximate surface area is 116 Å². The van der Waals surface area contributed by atoms with Gasteiger partial charge >= 0.3 is 0 Å². The molecule has 0 aromatic carbocycles. The fourth-order valence-electron chi connectivity index (χ4n) is 2.35. The van der Waals surface area contributed by atoms with Crippen molar-refractivity contribution in [2.45, 2.75) is 18.9 Å². The molecule has 3 rings (SSSR count). The van der Waals surface area contributed by atoms with Gasteiger partial charge in [0, 0.05) is 25.7 Å². The van der Waals surface area contributed by atoms with E-state index in [0.717, 1.165) is 11.9 Å². The molecule has 1 aliphatic heterocycles. The number of amides is 1. The second-order valence-corrected chi connectivity index (χ2v) is 4.71. The summed E-state index contributed by atoms with van der Waals surface area (Å²) in [6.45, 7) is 5.08. The van der Waals surface area contributed by atoms with Crippen LogP contribution in [0.4, 0.5) is 0 Å². The molecule has 0 saturated carbocycles. The van der Waals surface area contributed by atoms with E-state index in [-0.39, 0.29) is 5.91 Å². The van der Waals surface area contributed by atoms with E-state index in [1.807, 2.05) is 12.1 Å². The lowest BCUT2D eigenvalue weighted by molar-refractivity contribution is -0.133. The van der Waals surface area contributed by atoms with Crippen LogP contribution in [0.1, 0.15) is 12.8 Å². The molecule has 2 aromatic rings. The number of H-pyrrole nitrogens is 1. The quantitative estimate of drug-likeness (QED) is 0.838. The first kappa shape index (κ1) is 12.7. The van der Waals surface area contributed by atoms with Crippen molar-refractivity contribution >= 4 is 16.9 Å². The molecule has 1 atom stereocenters. The normalized spacial score (nSPS) is 18.7. The monoisotopic (exact) mass is 272 g/mol. The SMILES string of the molecule is C=CCCN1CCC(Oc2nccc3[nH]cnc23)C1=O. The molecule has 6 nitrogen and oxygen atoms in total. The van der Waals surface area contributed by atoms with Crippen LogP contribution in [-0.2, 0) is 4.79 Å². The maximum absolute atomic E-state index is 12.2. The maximum Gasteiger partial charge on any atom is 0.263 e. The van der Waals surface area contributed by atoms with Gasteiger partial charge < -0.3 is 14.6 Å². The number of pyridine rings is 1. The molecule has 3 heterocycles. The average molecular weight is 272 g/mol. The zero-order valence-electron chi connectivity index (χ0n) is 11.1. The number of aromatic nitrogens is 3. The summed E-state index contributed by atoms with van der Waals surface area (Å²) in [4.78, 5) is 25.3. The van der Waals surface area contributed by atoms with Gasteiger partial charge in [-0.3, -0.25) is 4.79 Å². The Morgan fingerprint density at radius 1 is 1.55 bits per heavy atom. The Bertz CT molecular complexity index is 637. The van der Waals surface area contributed by atoms with Gasteiger partial charge in [-0.25, -0.2) is 9.97 Å². The van der Waals surface area contributed by atoms with E-state index in [1.165, 1.54) is 0 Å². The van der Waals surface area contributed by atoms with Crippen molar-refractivity contribution in [2.75, 3.05) is 13.1 Å². The summed E-state index contributed by atoms with van der Waals surface area (Å²) in [7, 11) is 0. The summed E-state index contributed by atoms with van der Waals surface area (Å²) in [6.07, 6.45) is 6.06. The van der Waals surface area contributed by atoms with E-state index < -0.39 is 6.10 Å². The molecule has 0 spiro atoms. The van der Waals surface area contributed by atoms with Gasteiger partial charge in [0.2, 0.25) is 5.88 Å². The molecular formula is C14H16N4O2. The van der Waals surface area contributed by atoms with Gasteiger partial charge in [-0.2, -0.15) is 0 Å². The van der Waals surface area contributed by atoms with E-state index in [0.29, 0.717) is 30.9 Å². The first-order chi connectivity index (χ1) is 9.79. The highest BCUT2D eigenvalue weighted by molar-refractivity contribution is 5.84. The number of aromatic amines is 1. The summed E-state index contributed by atoms with van der Waals surface area (Å²) in [5.74, 6) is 0.425. The number of nitrogens with one attached hydrogen (secondary N) is 1. The number of hydrogen-bond donors (Lipinski definition) is 1. The molecule has 1 fully saturated rings. The van der Waals surface area contributed by atoms with Crippen molar-refractivity contribution < 1.29 is 9.53 Å². The van der Waals surface area contributed by atoms with Gasteiger partial charge in [0.05, 0.1) is 11.8 Å². The molecule has 6 heteroatoms.